The average molecular weight is 383 g/mol. The molecule has 1 aliphatic carbocycles. The SMILES string of the molecule is FC(F)(F)c1ccc(N2CCC(OC3CCN(C4CCC4)CC3)CC2)cn1. The predicted octanol–water partition coefficient (Wildman–Crippen LogP) is 4.10. The molecule has 0 N–H and O–H groups in total. The van der Waals surface area contributed by atoms with Crippen LogP contribution < -0.4 is 4.90 Å². The maximum Gasteiger partial charge on any atom is 0.433 e. The van der Waals surface area contributed by atoms with Crippen molar-refractivity contribution in [3.8, 4) is 0 Å². The van der Waals surface area contributed by atoms with Crippen LogP contribution in [0, 0.1) is 0 Å². The number of likely N-dealkylation sites (tertiary alicyclic amines) is 1. The molecule has 0 radical (unpaired) electrons. The normalized spacial score (nSPS) is 24.2. The number of hydrogen-bond donors (Lipinski definition) is 0. The van der Waals surface area contributed by atoms with E-state index in [2.05, 4.69) is 14.8 Å². The lowest BCUT2D eigenvalue weighted by Gasteiger charge is -2.43. The number of ether oxygens (including phenoxy) is 1. The van der Waals surface area contributed by atoms with Crippen molar-refractivity contribution in [2.75, 3.05) is 31.1 Å². The summed E-state index contributed by atoms with van der Waals surface area (Å²) in [5, 5.41) is 0. The first kappa shape index (κ1) is 19.0. The Hall–Kier alpha value is -1.34. The van der Waals surface area contributed by atoms with Crippen molar-refractivity contribution in [1.82, 2.24) is 9.88 Å². The van der Waals surface area contributed by atoms with Gasteiger partial charge in [0.25, 0.3) is 0 Å². The van der Waals surface area contributed by atoms with Crippen molar-refractivity contribution in [3.05, 3.63) is 24.0 Å². The number of piperidine rings is 2. The zero-order valence-electron chi connectivity index (χ0n) is 15.6. The van der Waals surface area contributed by atoms with E-state index in [0.29, 0.717) is 6.10 Å². The Morgan fingerprint density at radius 3 is 2.00 bits per heavy atom. The largest absolute Gasteiger partial charge is 0.433 e. The summed E-state index contributed by atoms with van der Waals surface area (Å²) in [5.41, 5.74) is -0.0760. The minimum atomic E-state index is -4.38. The molecule has 0 aromatic carbocycles. The highest BCUT2D eigenvalue weighted by atomic mass is 19.4. The van der Waals surface area contributed by atoms with Gasteiger partial charge in [-0.15, -0.1) is 0 Å². The van der Waals surface area contributed by atoms with Crippen LogP contribution in [0.2, 0.25) is 0 Å². The highest BCUT2D eigenvalue weighted by Crippen LogP contribution is 2.31. The van der Waals surface area contributed by atoms with Crippen LogP contribution in [0.15, 0.2) is 18.3 Å². The van der Waals surface area contributed by atoms with E-state index in [0.717, 1.165) is 69.7 Å². The summed E-state index contributed by atoms with van der Waals surface area (Å²) in [6.07, 6.45) is 5.79. The summed E-state index contributed by atoms with van der Waals surface area (Å²) in [6.45, 7) is 3.92. The van der Waals surface area contributed by atoms with Gasteiger partial charge in [-0.3, -0.25) is 0 Å². The molecule has 27 heavy (non-hydrogen) atoms. The number of pyridine rings is 1. The molecule has 2 saturated heterocycles. The van der Waals surface area contributed by atoms with E-state index in [1.54, 1.807) is 0 Å². The minimum Gasteiger partial charge on any atom is -0.375 e. The van der Waals surface area contributed by atoms with E-state index in [9.17, 15) is 13.2 Å². The molecule has 150 valence electrons. The molecule has 3 aliphatic rings. The number of hydrogen-bond acceptors (Lipinski definition) is 4. The second-order valence-corrected chi connectivity index (χ2v) is 8.04. The van der Waals surface area contributed by atoms with Gasteiger partial charge in [-0.05, 0) is 50.7 Å². The topological polar surface area (TPSA) is 28.6 Å². The van der Waals surface area contributed by atoms with E-state index < -0.39 is 11.9 Å². The highest BCUT2D eigenvalue weighted by Gasteiger charge is 2.33. The van der Waals surface area contributed by atoms with Gasteiger partial charge in [-0.25, -0.2) is 4.98 Å². The molecular weight excluding hydrogens is 355 g/mol. The summed E-state index contributed by atoms with van der Waals surface area (Å²) in [4.78, 5) is 8.30. The minimum absolute atomic E-state index is 0.268. The van der Waals surface area contributed by atoms with Gasteiger partial charge in [-0.1, -0.05) is 6.42 Å². The molecule has 0 spiro atoms. The lowest BCUT2D eigenvalue weighted by molar-refractivity contribution is -0.141. The van der Waals surface area contributed by atoms with Crippen LogP contribution >= 0.6 is 0 Å². The van der Waals surface area contributed by atoms with E-state index in [1.807, 2.05) is 0 Å². The third-order valence-corrected chi connectivity index (χ3v) is 6.30. The molecular formula is C20H28F3N3O. The number of alkyl halides is 3. The maximum atomic E-state index is 12.6. The molecule has 1 aromatic heterocycles. The fourth-order valence-electron chi connectivity index (χ4n) is 4.39. The molecule has 0 bridgehead atoms. The van der Waals surface area contributed by atoms with Crippen LogP contribution in [-0.4, -0.2) is 54.3 Å². The quantitative estimate of drug-likeness (QED) is 0.783. The molecule has 0 atom stereocenters. The van der Waals surface area contributed by atoms with Crippen LogP contribution in [0.4, 0.5) is 18.9 Å². The second-order valence-electron chi connectivity index (χ2n) is 8.04. The summed E-state index contributed by atoms with van der Waals surface area (Å²) < 4.78 is 44.2. The maximum absolute atomic E-state index is 12.6. The van der Waals surface area contributed by atoms with E-state index in [-0.39, 0.29) is 6.10 Å². The van der Waals surface area contributed by atoms with Gasteiger partial charge in [0.1, 0.15) is 5.69 Å². The molecule has 4 nitrogen and oxygen atoms in total. The van der Waals surface area contributed by atoms with Crippen LogP contribution in [0.3, 0.4) is 0 Å². The van der Waals surface area contributed by atoms with Crippen molar-refractivity contribution in [2.45, 2.75) is 69.4 Å². The van der Waals surface area contributed by atoms with E-state index in [1.165, 1.54) is 31.5 Å². The molecule has 2 aliphatic heterocycles. The van der Waals surface area contributed by atoms with Crippen molar-refractivity contribution in [2.24, 2.45) is 0 Å². The fraction of sp³-hybridized carbons (Fsp3) is 0.750. The van der Waals surface area contributed by atoms with Crippen molar-refractivity contribution in [3.63, 3.8) is 0 Å². The van der Waals surface area contributed by atoms with Gasteiger partial charge in [0.2, 0.25) is 0 Å². The van der Waals surface area contributed by atoms with E-state index in [4.69, 9.17) is 4.74 Å². The Balaban J connectivity index is 1.21. The molecule has 1 aromatic rings. The standard InChI is InChI=1S/C20H28F3N3O/c21-20(22,23)19-5-4-16(14-24-19)26-12-8-18(9-13-26)27-17-6-10-25(11-7-17)15-2-1-3-15/h4-5,14-15,17-18H,1-3,6-13H2. The molecule has 1 saturated carbocycles. The van der Waals surface area contributed by atoms with Crippen molar-refractivity contribution >= 4 is 5.69 Å². The Labute approximate surface area is 158 Å². The molecule has 3 fully saturated rings. The third-order valence-electron chi connectivity index (χ3n) is 6.30. The van der Waals surface area contributed by atoms with Crippen molar-refractivity contribution < 1.29 is 17.9 Å². The molecule has 3 heterocycles. The molecule has 0 unspecified atom stereocenters. The monoisotopic (exact) mass is 383 g/mol. The zero-order valence-corrected chi connectivity index (χ0v) is 15.6. The Morgan fingerprint density at radius 1 is 0.889 bits per heavy atom. The average Bonchev–Trinajstić information content (AvgIpc) is 2.62. The van der Waals surface area contributed by atoms with Gasteiger partial charge < -0.3 is 14.5 Å². The lowest BCUT2D eigenvalue weighted by Crippen LogP contribution is -2.47. The van der Waals surface area contributed by atoms with Crippen LogP contribution in [0.1, 0.15) is 50.6 Å². The Kier molecular flexibility index (Phi) is 5.60. The van der Waals surface area contributed by atoms with Gasteiger partial charge >= 0.3 is 6.18 Å². The van der Waals surface area contributed by atoms with Crippen molar-refractivity contribution in [1.29, 1.82) is 0 Å². The van der Waals surface area contributed by atoms with Gasteiger partial charge in [0.05, 0.1) is 24.1 Å². The zero-order chi connectivity index (χ0) is 18.9. The third kappa shape index (κ3) is 4.57. The number of anilines is 1. The van der Waals surface area contributed by atoms with Crippen LogP contribution in [-0.2, 0) is 10.9 Å². The predicted molar refractivity (Wildman–Crippen MR) is 97.8 cm³/mol. The lowest BCUT2D eigenvalue weighted by atomic mass is 9.89. The molecule has 4 rings (SSSR count). The van der Waals surface area contributed by atoms with Crippen LogP contribution in [0.25, 0.3) is 0 Å². The fourth-order valence-corrected chi connectivity index (χ4v) is 4.39. The Morgan fingerprint density at radius 2 is 1.52 bits per heavy atom. The first-order valence-corrected chi connectivity index (χ1v) is 10.2. The first-order valence-electron chi connectivity index (χ1n) is 10.2. The Bertz CT molecular complexity index is 602. The summed E-state index contributed by atoms with van der Waals surface area (Å²) in [6, 6.07) is 3.41. The number of halogens is 3. The number of aromatic nitrogens is 1. The smallest absolute Gasteiger partial charge is 0.375 e. The van der Waals surface area contributed by atoms with Gasteiger partial charge in [0.15, 0.2) is 0 Å². The number of nitrogens with zero attached hydrogens (tertiary/aromatic N) is 3. The highest BCUT2D eigenvalue weighted by molar-refractivity contribution is 5.45. The van der Waals surface area contributed by atoms with Gasteiger partial charge in [-0.2, -0.15) is 13.2 Å². The van der Waals surface area contributed by atoms with Gasteiger partial charge in [0, 0.05) is 32.2 Å². The first-order chi connectivity index (χ1) is 13.0. The molecule has 0 amide bonds. The summed E-state index contributed by atoms with van der Waals surface area (Å²) in [5.74, 6) is 0. The second kappa shape index (κ2) is 7.95. The number of rotatable bonds is 4. The summed E-state index contributed by atoms with van der Waals surface area (Å²) >= 11 is 0. The summed E-state index contributed by atoms with van der Waals surface area (Å²) in [7, 11) is 0. The van der Waals surface area contributed by atoms with Crippen LogP contribution in [0.5, 0.6) is 0 Å². The van der Waals surface area contributed by atoms with E-state index >= 15 is 0 Å². The molecule has 7 heteroatoms.